The molecule has 7 heteroatoms. The maximum Gasteiger partial charge on any atom is 0.271 e. The minimum Gasteiger partial charge on any atom is -0.306 e. The van der Waals surface area contributed by atoms with E-state index < -0.39 is 11.8 Å². The van der Waals surface area contributed by atoms with Crippen molar-refractivity contribution in [3.8, 4) is 0 Å². The van der Waals surface area contributed by atoms with Gasteiger partial charge >= 0.3 is 0 Å². The van der Waals surface area contributed by atoms with Crippen molar-refractivity contribution in [1.29, 1.82) is 0 Å². The number of nitrogens with one attached hydrogen (secondary N) is 2. The molecular weight excluding hydrogens is 294 g/mol. The third-order valence-corrected chi connectivity index (χ3v) is 2.98. The number of carbonyl (C=O) groups is 2. The summed E-state index contributed by atoms with van der Waals surface area (Å²) in [5, 5.41) is 0.281. The van der Waals surface area contributed by atoms with E-state index in [1.165, 1.54) is 22.9 Å². The number of aromatic nitrogens is 1. The standard InChI is InChI=1S/C14H12ClN3O3/c15-11-6-2-1-5-10(11)14(21)17-16-12(19)9-18-8-4-3-7-13(18)20/h1-8H,9H2,(H,16,19)(H,17,21). The fourth-order valence-electron chi connectivity index (χ4n) is 1.62. The number of hydrogen-bond donors (Lipinski definition) is 2. The van der Waals surface area contributed by atoms with Crippen LogP contribution in [0.25, 0.3) is 0 Å². The first kappa shape index (κ1) is 14.8. The van der Waals surface area contributed by atoms with E-state index in [-0.39, 0.29) is 22.7 Å². The molecule has 0 aliphatic heterocycles. The van der Waals surface area contributed by atoms with Gasteiger partial charge in [-0.25, -0.2) is 0 Å². The first-order chi connectivity index (χ1) is 10.1. The van der Waals surface area contributed by atoms with Crippen LogP contribution < -0.4 is 16.4 Å². The van der Waals surface area contributed by atoms with E-state index in [1.54, 1.807) is 30.3 Å². The van der Waals surface area contributed by atoms with Crippen molar-refractivity contribution >= 4 is 23.4 Å². The molecule has 0 saturated carbocycles. The number of hydrazine groups is 1. The SMILES string of the molecule is O=C(Cn1ccccc1=O)NNC(=O)c1ccccc1Cl. The van der Waals surface area contributed by atoms with Crippen molar-refractivity contribution in [1.82, 2.24) is 15.4 Å². The Hall–Kier alpha value is -2.60. The molecule has 0 aliphatic rings. The summed E-state index contributed by atoms with van der Waals surface area (Å²) in [6.07, 6.45) is 1.48. The summed E-state index contributed by atoms with van der Waals surface area (Å²) in [5.41, 5.74) is 4.41. The Labute approximate surface area is 125 Å². The van der Waals surface area contributed by atoms with Crippen molar-refractivity contribution in [3.63, 3.8) is 0 Å². The number of halogens is 1. The third-order valence-electron chi connectivity index (χ3n) is 2.65. The van der Waals surface area contributed by atoms with Gasteiger partial charge in [0.25, 0.3) is 17.4 Å². The molecule has 21 heavy (non-hydrogen) atoms. The Balaban J connectivity index is 1.93. The molecule has 0 unspecified atom stereocenters. The van der Waals surface area contributed by atoms with Crippen LogP contribution in [0, 0.1) is 0 Å². The van der Waals surface area contributed by atoms with Gasteiger partial charge in [-0.3, -0.25) is 25.2 Å². The van der Waals surface area contributed by atoms with E-state index in [1.807, 2.05) is 0 Å². The molecule has 0 radical (unpaired) electrons. The molecule has 0 spiro atoms. The lowest BCUT2D eigenvalue weighted by Crippen LogP contribution is -2.44. The molecule has 1 heterocycles. The number of amides is 2. The summed E-state index contributed by atoms with van der Waals surface area (Å²) < 4.78 is 1.22. The first-order valence-electron chi connectivity index (χ1n) is 6.07. The van der Waals surface area contributed by atoms with Crippen LogP contribution in [0.2, 0.25) is 5.02 Å². The minimum absolute atomic E-state index is 0.192. The molecule has 1 aromatic heterocycles. The van der Waals surface area contributed by atoms with Crippen molar-refractivity contribution in [3.05, 3.63) is 69.6 Å². The number of pyridine rings is 1. The fourth-order valence-corrected chi connectivity index (χ4v) is 1.85. The quantitative estimate of drug-likeness (QED) is 0.829. The highest BCUT2D eigenvalue weighted by atomic mass is 35.5. The van der Waals surface area contributed by atoms with Crippen molar-refractivity contribution in [2.24, 2.45) is 0 Å². The summed E-state index contributed by atoms with van der Waals surface area (Å²) in [5.74, 6) is -1.06. The predicted molar refractivity (Wildman–Crippen MR) is 77.8 cm³/mol. The van der Waals surface area contributed by atoms with Gasteiger partial charge in [-0.15, -0.1) is 0 Å². The van der Waals surface area contributed by atoms with E-state index in [4.69, 9.17) is 11.6 Å². The average Bonchev–Trinajstić information content (AvgIpc) is 2.48. The zero-order valence-corrected chi connectivity index (χ0v) is 11.6. The molecule has 108 valence electrons. The largest absolute Gasteiger partial charge is 0.306 e. The summed E-state index contributed by atoms with van der Waals surface area (Å²) in [6.45, 7) is -0.192. The second-order valence-corrected chi connectivity index (χ2v) is 4.56. The van der Waals surface area contributed by atoms with E-state index >= 15 is 0 Å². The van der Waals surface area contributed by atoms with Gasteiger partial charge in [-0.1, -0.05) is 29.8 Å². The smallest absolute Gasteiger partial charge is 0.271 e. The number of benzene rings is 1. The molecule has 2 amide bonds. The average molecular weight is 306 g/mol. The van der Waals surface area contributed by atoms with Crippen LogP contribution in [0.5, 0.6) is 0 Å². The molecule has 0 aliphatic carbocycles. The van der Waals surface area contributed by atoms with Gasteiger partial charge in [0.1, 0.15) is 6.54 Å². The Morgan fingerprint density at radius 3 is 2.48 bits per heavy atom. The highest BCUT2D eigenvalue weighted by Crippen LogP contribution is 2.13. The maximum atomic E-state index is 11.8. The zero-order chi connectivity index (χ0) is 15.2. The van der Waals surface area contributed by atoms with Crippen LogP contribution in [0.3, 0.4) is 0 Å². The van der Waals surface area contributed by atoms with Crippen LogP contribution >= 0.6 is 11.6 Å². The Bertz CT molecular complexity index is 727. The molecule has 0 bridgehead atoms. The number of carbonyl (C=O) groups excluding carboxylic acids is 2. The Morgan fingerprint density at radius 2 is 1.76 bits per heavy atom. The lowest BCUT2D eigenvalue weighted by Gasteiger charge is -2.09. The van der Waals surface area contributed by atoms with Crippen LogP contribution in [0.1, 0.15) is 10.4 Å². The number of rotatable bonds is 3. The first-order valence-corrected chi connectivity index (χ1v) is 6.45. The molecular formula is C14H12ClN3O3. The molecule has 2 rings (SSSR count). The summed E-state index contributed by atoms with van der Waals surface area (Å²) in [4.78, 5) is 34.9. The van der Waals surface area contributed by atoms with Crippen LogP contribution in [0.4, 0.5) is 0 Å². The number of nitrogens with zero attached hydrogens (tertiary/aromatic N) is 1. The number of hydrogen-bond acceptors (Lipinski definition) is 3. The predicted octanol–water partition coefficient (Wildman–Crippen LogP) is 0.963. The molecule has 1 aromatic carbocycles. The van der Waals surface area contributed by atoms with E-state index in [2.05, 4.69) is 10.9 Å². The van der Waals surface area contributed by atoms with E-state index in [0.717, 1.165) is 0 Å². The van der Waals surface area contributed by atoms with Crippen molar-refractivity contribution in [2.45, 2.75) is 6.54 Å². The Morgan fingerprint density at radius 1 is 1.05 bits per heavy atom. The topological polar surface area (TPSA) is 80.2 Å². The highest BCUT2D eigenvalue weighted by molar-refractivity contribution is 6.33. The molecule has 2 aromatic rings. The monoisotopic (exact) mass is 305 g/mol. The molecule has 0 atom stereocenters. The van der Waals surface area contributed by atoms with Crippen LogP contribution in [-0.4, -0.2) is 16.4 Å². The van der Waals surface area contributed by atoms with E-state index in [0.29, 0.717) is 0 Å². The summed E-state index contributed by atoms with van der Waals surface area (Å²) >= 11 is 5.87. The molecule has 0 saturated heterocycles. The lowest BCUT2D eigenvalue weighted by molar-refractivity contribution is -0.122. The normalized spacial score (nSPS) is 9.95. The minimum atomic E-state index is -0.533. The highest BCUT2D eigenvalue weighted by Gasteiger charge is 2.10. The second kappa shape index (κ2) is 6.71. The van der Waals surface area contributed by atoms with Crippen LogP contribution in [0.15, 0.2) is 53.5 Å². The second-order valence-electron chi connectivity index (χ2n) is 4.15. The lowest BCUT2D eigenvalue weighted by atomic mass is 10.2. The molecule has 6 nitrogen and oxygen atoms in total. The molecule has 2 N–H and O–H groups in total. The molecule has 0 fully saturated rings. The van der Waals surface area contributed by atoms with Gasteiger partial charge in [0.2, 0.25) is 0 Å². The van der Waals surface area contributed by atoms with Gasteiger partial charge in [-0.2, -0.15) is 0 Å². The van der Waals surface area contributed by atoms with Crippen molar-refractivity contribution in [2.75, 3.05) is 0 Å². The maximum absolute atomic E-state index is 11.8. The Kier molecular flexibility index (Phi) is 4.73. The fraction of sp³-hybridized carbons (Fsp3) is 0.0714. The van der Waals surface area contributed by atoms with Gasteiger partial charge < -0.3 is 4.57 Å². The van der Waals surface area contributed by atoms with Gasteiger partial charge in [0.15, 0.2) is 0 Å². The third kappa shape index (κ3) is 3.93. The summed E-state index contributed by atoms with van der Waals surface area (Å²) in [6, 6.07) is 11.0. The zero-order valence-electron chi connectivity index (χ0n) is 10.9. The van der Waals surface area contributed by atoms with Gasteiger partial charge in [0.05, 0.1) is 10.6 Å². The van der Waals surface area contributed by atoms with Gasteiger partial charge in [0, 0.05) is 12.3 Å². The van der Waals surface area contributed by atoms with Gasteiger partial charge in [-0.05, 0) is 18.2 Å². The van der Waals surface area contributed by atoms with Crippen molar-refractivity contribution < 1.29 is 9.59 Å². The van der Waals surface area contributed by atoms with E-state index in [9.17, 15) is 14.4 Å². The summed E-state index contributed by atoms with van der Waals surface area (Å²) in [7, 11) is 0. The van der Waals surface area contributed by atoms with Crippen LogP contribution in [-0.2, 0) is 11.3 Å².